The predicted octanol–water partition coefficient (Wildman–Crippen LogP) is 3.26. The molecule has 0 spiro atoms. The van der Waals surface area contributed by atoms with Gasteiger partial charge in [-0.25, -0.2) is 4.79 Å². The zero-order valence-electron chi connectivity index (χ0n) is 21.2. The Balaban J connectivity index is 2.28. The first kappa shape index (κ1) is 28.1. The van der Waals surface area contributed by atoms with Crippen LogP contribution in [-0.2, 0) is 25.5 Å². The lowest BCUT2D eigenvalue weighted by Gasteiger charge is -2.25. The van der Waals surface area contributed by atoms with Crippen LogP contribution < -0.4 is 10.6 Å². The molecule has 1 aliphatic rings. The lowest BCUT2D eigenvalue weighted by molar-refractivity contribution is -0.134. The van der Waals surface area contributed by atoms with Gasteiger partial charge >= 0.3 is 6.09 Å². The van der Waals surface area contributed by atoms with E-state index in [1.54, 1.807) is 14.1 Å². The Labute approximate surface area is 208 Å². The predicted molar refractivity (Wildman–Crippen MR) is 135 cm³/mol. The maximum Gasteiger partial charge on any atom is 0.408 e. The van der Waals surface area contributed by atoms with Crippen LogP contribution in [0, 0.1) is 11.8 Å². The second-order valence-electron chi connectivity index (χ2n) is 9.74. The molecule has 2 rings (SSSR count). The van der Waals surface area contributed by atoms with Gasteiger partial charge in [-0.05, 0) is 43.6 Å². The lowest BCUT2D eigenvalue weighted by Crippen LogP contribution is -2.51. The molecule has 8 nitrogen and oxygen atoms in total. The standard InChI is InChI=1S/C27H39N3O5/c1-19(2)15-24-25(32)28-22(18-31)17-21(26(33)30(3)4)13-9-6-10-14-23(35-27(34)29-24)16-20-11-7-5-8-12-20/h5-9,11-12,18-19,21-24H,10,13-17H2,1-4H3,(H,28,32)(H,29,34)/b9-6+/t21?,22-,23?,24-/m0/s1. The molecule has 2 N–H and O–H groups in total. The highest BCUT2D eigenvalue weighted by Gasteiger charge is 2.29. The van der Waals surface area contributed by atoms with Gasteiger partial charge < -0.3 is 25.1 Å². The average molecular weight is 486 g/mol. The molecule has 3 amide bonds. The van der Waals surface area contributed by atoms with E-state index in [0.717, 1.165) is 5.56 Å². The van der Waals surface area contributed by atoms with E-state index in [2.05, 4.69) is 10.6 Å². The minimum absolute atomic E-state index is 0.0996. The van der Waals surface area contributed by atoms with Gasteiger partial charge in [0.05, 0.1) is 6.04 Å². The van der Waals surface area contributed by atoms with Gasteiger partial charge in [0.2, 0.25) is 11.8 Å². The minimum atomic E-state index is -0.853. The number of alkyl carbamates (subject to hydrolysis) is 1. The highest BCUT2D eigenvalue weighted by atomic mass is 16.6. The minimum Gasteiger partial charge on any atom is -0.446 e. The van der Waals surface area contributed by atoms with Crippen molar-refractivity contribution in [2.24, 2.45) is 11.8 Å². The zero-order chi connectivity index (χ0) is 25.8. The number of amides is 3. The molecule has 4 atom stereocenters. The number of aldehydes is 1. The highest BCUT2D eigenvalue weighted by Crippen LogP contribution is 2.18. The maximum absolute atomic E-state index is 13.0. The number of allylic oxidation sites excluding steroid dienone is 2. The Morgan fingerprint density at radius 2 is 1.86 bits per heavy atom. The molecule has 8 heteroatoms. The Morgan fingerprint density at radius 3 is 2.49 bits per heavy atom. The topological polar surface area (TPSA) is 105 Å². The van der Waals surface area contributed by atoms with Crippen molar-refractivity contribution in [1.82, 2.24) is 15.5 Å². The van der Waals surface area contributed by atoms with E-state index in [-0.39, 0.29) is 24.3 Å². The first-order valence-electron chi connectivity index (χ1n) is 12.3. The number of benzene rings is 1. The van der Waals surface area contributed by atoms with E-state index in [4.69, 9.17) is 4.74 Å². The molecule has 0 aliphatic carbocycles. The quantitative estimate of drug-likeness (QED) is 0.475. The van der Waals surface area contributed by atoms with Crippen LogP contribution in [0.25, 0.3) is 0 Å². The number of cyclic esters (lactones) is 1. The molecule has 1 aliphatic heterocycles. The molecule has 1 aromatic rings. The van der Waals surface area contributed by atoms with Gasteiger partial charge in [-0.15, -0.1) is 0 Å². The van der Waals surface area contributed by atoms with Crippen LogP contribution in [0.2, 0.25) is 0 Å². The molecule has 0 saturated heterocycles. The summed E-state index contributed by atoms with van der Waals surface area (Å²) in [6.07, 6.45) is 6.36. The second kappa shape index (κ2) is 14.3. The summed E-state index contributed by atoms with van der Waals surface area (Å²) in [4.78, 5) is 51.8. The van der Waals surface area contributed by atoms with Gasteiger partial charge in [-0.2, -0.15) is 0 Å². The van der Waals surface area contributed by atoms with E-state index in [1.165, 1.54) is 4.90 Å². The number of carbonyl (C=O) groups excluding carboxylic acids is 4. The number of hydrogen-bond donors (Lipinski definition) is 2. The van der Waals surface area contributed by atoms with Crippen LogP contribution in [-0.4, -0.2) is 61.4 Å². The fourth-order valence-electron chi connectivity index (χ4n) is 4.17. The van der Waals surface area contributed by atoms with Gasteiger partial charge in [0.25, 0.3) is 0 Å². The Kier molecular flexibility index (Phi) is 11.5. The smallest absolute Gasteiger partial charge is 0.408 e. The van der Waals surface area contributed by atoms with Crippen LogP contribution in [0.4, 0.5) is 4.79 Å². The van der Waals surface area contributed by atoms with Gasteiger partial charge in [-0.1, -0.05) is 56.3 Å². The Morgan fingerprint density at radius 1 is 1.14 bits per heavy atom. The monoisotopic (exact) mass is 485 g/mol. The van der Waals surface area contributed by atoms with Crippen LogP contribution in [0.15, 0.2) is 42.5 Å². The van der Waals surface area contributed by atoms with Crippen molar-refractivity contribution in [2.75, 3.05) is 14.1 Å². The fraction of sp³-hybridized carbons (Fsp3) is 0.556. The van der Waals surface area contributed by atoms with E-state index in [1.807, 2.05) is 56.3 Å². The molecular formula is C27H39N3O5. The van der Waals surface area contributed by atoms with E-state index >= 15 is 0 Å². The van der Waals surface area contributed by atoms with Crippen molar-refractivity contribution >= 4 is 24.2 Å². The number of nitrogens with zero attached hydrogens (tertiary/aromatic N) is 1. The summed E-state index contributed by atoms with van der Waals surface area (Å²) in [5, 5.41) is 5.41. The van der Waals surface area contributed by atoms with Crippen LogP contribution >= 0.6 is 0 Å². The Bertz CT molecular complexity index is 869. The van der Waals surface area contributed by atoms with E-state index in [0.29, 0.717) is 38.4 Å². The van der Waals surface area contributed by atoms with Gasteiger partial charge in [0, 0.05) is 26.4 Å². The van der Waals surface area contributed by atoms with Gasteiger partial charge in [-0.3, -0.25) is 9.59 Å². The summed E-state index contributed by atoms with van der Waals surface area (Å²) in [6, 6.07) is 8.09. The average Bonchev–Trinajstić information content (AvgIpc) is 2.81. The van der Waals surface area contributed by atoms with Crippen molar-refractivity contribution in [1.29, 1.82) is 0 Å². The number of carbonyl (C=O) groups is 4. The van der Waals surface area contributed by atoms with Crippen molar-refractivity contribution in [3.8, 4) is 0 Å². The van der Waals surface area contributed by atoms with Crippen molar-refractivity contribution in [3.05, 3.63) is 48.0 Å². The number of nitrogens with one attached hydrogen (secondary N) is 2. The number of hydrogen-bond acceptors (Lipinski definition) is 5. The van der Waals surface area contributed by atoms with Crippen LogP contribution in [0.1, 0.15) is 51.5 Å². The molecule has 35 heavy (non-hydrogen) atoms. The second-order valence-corrected chi connectivity index (χ2v) is 9.74. The first-order valence-corrected chi connectivity index (χ1v) is 12.3. The highest BCUT2D eigenvalue weighted by molar-refractivity contribution is 5.88. The molecular weight excluding hydrogens is 446 g/mol. The molecule has 0 saturated carbocycles. The summed E-state index contributed by atoms with van der Waals surface area (Å²) in [5.41, 5.74) is 1.05. The summed E-state index contributed by atoms with van der Waals surface area (Å²) in [6.45, 7) is 3.89. The number of ether oxygens (including phenoxy) is 1. The summed E-state index contributed by atoms with van der Waals surface area (Å²) >= 11 is 0. The SMILES string of the molecule is CC(C)C[C@@H]1NC(=O)OC(Cc2ccccc2)CC/C=C/CC(C(=O)N(C)C)C[C@@H](C=O)NC1=O. The zero-order valence-corrected chi connectivity index (χ0v) is 21.2. The molecule has 0 radical (unpaired) electrons. The van der Waals surface area contributed by atoms with E-state index in [9.17, 15) is 19.2 Å². The lowest BCUT2D eigenvalue weighted by atomic mass is 9.94. The van der Waals surface area contributed by atoms with Gasteiger partial charge in [0.1, 0.15) is 18.4 Å². The van der Waals surface area contributed by atoms with Crippen LogP contribution in [0.3, 0.4) is 0 Å². The summed E-state index contributed by atoms with van der Waals surface area (Å²) in [7, 11) is 3.35. The molecule has 0 fully saturated rings. The molecule has 1 aromatic carbocycles. The third kappa shape index (κ3) is 9.92. The Hall–Kier alpha value is -3.16. The largest absolute Gasteiger partial charge is 0.446 e. The molecule has 0 bridgehead atoms. The third-order valence-electron chi connectivity index (χ3n) is 5.96. The van der Waals surface area contributed by atoms with Gasteiger partial charge in [0.15, 0.2) is 0 Å². The van der Waals surface area contributed by atoms with Crippen molar-refractivity contribution in [3.63, 3.8) is 0 Å². The van der Waals surface area contributed by atoms with E-state index < -0.39 is 30.0 Å². The molecule has 192 valence electrons. The fourth-order valence-corrected chi connectivity index (χ4v) is 4.17. The summed E-state index contributed by atoms with van der Waals surface area (Å²) < 4.78 is 5.74. The third-order valence-corrected chi connectivity index (χ3v) is 5.96. The number of rotatable bonds is 6. The van der Waals surface area contributed by atoms with Crippen LogP contribution in [0.5, 0.6) is 0 Å². The molecule has 1 heterocycles. The first-order chi connectivity index (χ1) is 16.7. The maximum atomic E-state index is 13.0. The van der Waals surface area contributed by atoms with Crippen molar-refractivity contribution in [2.45, 2.75) is 70.6 Å². The normalized spacial score (nSPS) is 25.3. The molecule has 0 aromatic heterocycles. The van der Waals surface area contributed by atoms with Crippen molar-refractivity contribution < 1.29 is 23.9 Å². The molecule has 2 unspecified atom stereocenters. The summed E-state index contributed by atoms with van der Waals surface area (Å²) in [5.74, 6) is -0.891.